The second-order valence-electron chi connectivity index (χ2n) is 2.06. The first kappa shape index (κ1) is 5.87. The summed E-state index contributed by atoms with van der Waals surface area (Å²) in [5, 5.41) is 8.92. The number of hydrogen-bond acceptors (Lipinski definition) is 6. The summed E-state index contributed by atoms with van der Waals surface area (Å²) in [4.78, 5) is 0. The molecule has 0 amide bonds. The van der Waals surface area contributed by atoms with Crippen LogP contribution in [0.3, 0.4) is 0 Å². The number of thioether (sulfide) groups is 1. The summed E-state index contributed by atoms with van der Waals surface area (Å²) in [6.45, 7) is 0.600. The van der Waals surface area contributed by atoms with Crippen molar-refractivity contribution in [3.8, 4) is 0 Å². The van der Waals surface area contributed by atoms with Gasteiger partial charge < -0.3 is 5.73 Å². The van der Waals surface area contributed by atoms with Crippen molar-refractivity contribution in [3.63, 3.8) is 0 Å². The van der Waals surface area contributed by atoms with Crippen LogP contribution in [0.2, 0.25) is 0 Å². The summed E-state index contributed by atoms with van der Waals surface area (Å²) in [7, 11) is 0. The minimum atomic E-state index is 0.583. The lowest BCUT2D eigenvalue weighted by molar-refractivity contribution is 0.278. The Labute approximate surface area is 62.3 Å². The van der Waals surface area contributed by atoms with Crippen molar-refractivity contribution in [1.29, 1.82) is 0 Å². The van der Waals surface area contributed by atoms with Gasteiger partial charge in [0, 0.05) is 0 Å². The number of hydrazone groups is 1. The highest BCUT2D eigenvalue weighted by molar-refractivity contribution is 8.17. The topological polar surface area (TPSA) is 70.9 Å². The van der Waals surface area contributed by atoms with Gasteiger partial charge in [-0.05, 0) is 11.8 Å². The van der Waals surface area contributed by atoms with E-state index >= 15 is 0 Å². The predicted octanol–water partition coefficient (Wildman–Crippen LogP) is -0.789. The molecule has 2 heterocycles. The summed E-state index contributed by atoms with van der Waals surface area (Å²) in [6.07, 6.45) is 1.81. The van der Waals surface area contributed by atoms with Crippen molar-refractivity contribution in [1.82, 2.24) is 10.0 Å². The molecule has 0 bridgehead atoms. The number of amidine groups is 1. The molecule has 0 radical (unpaired) electrons. The van der Waals surface area contributed by atoms with Gasteiger partial charge in [-0.2, -0.15) is 0 Å². The second-order valence-corrected chi connectivity index (χ2v) is 3.10. The minimum absolute atomic E-state index is 0.583. The van der Waals surface area contributed by atoms with Crippen molar-refractivity contribution in [2.75, 3.05) is 6.67 Å². The molecule has 0 aromatic rings. The van der Waals surface area contributed by atoms with Crippen molar-refractivity contribution < 1.29 is 0 Å². The fourth-order valence-corrected chi connectivity index (χ4v) is 1.63. The third-order valence-electron chi connectivity index (χ3n) is 1.26. The van der Waals surface area contributed by atoms with E-state index in [9.17, 15) is 0 Å². The molecule has 0 atom stereocenters. The van der Waals surface area contributed by atoms with E-state index in [0.29, 0.717) is 11.8 Å². The third kappa shape index (κ3) is 0.729. The maximum absolute atomic E-state index is 5.46. The quantitative estimate of drug-likeness (QED) is 0.451. The van der Waals surface area contributed by atoms with Crippen molar-refractivity contribution in [2.45, 2.75) is 0 Å². The number of rotatable bonds is 0. The number of nitrogens with zero attached hydrogens (tertiary/aromatic N) is 3. The molecule has 54 valence electrons. The smallest absolute Gasteiger partial charge is 0.184 e. The van der Waals surface area contributed by atoms with Crippen LogP contribution in [0.25, 0.3) is 0 Å². The van der Waals surface area contributed by atoms with Gasteiger partial charge >= 0.3 is 0 Å². The van der Waals surface area contributed by atoms with E-state index in [1.807, 2.05) is 6.20 Å². The molecule has 0 fully saturated rings. The van der Waals surface area contributed by atoms with Gasteiger partial charge in [-0.1, -0.05) is 0 Å². The maximum atomic E-state index is 5.46. The Morgan fingerprint density at radius 1 is 1.70 bits per heavy atom. The van der Waals surface area contributed by atoms with Crippen molar-refractivity contribution >= 4 is 16.9 Å². The van der Waals surface area contributed by atoms with E-state index in [1.165, 1.54) is 11.8 Å². The number of hydrogen-bond donors (Lipinski definition) is 2. The van der Waals surface area contributed by atoms with Gasteiger partial charge in [0.25, 0.3) is 0 Å². The van der Waals surface area contributed by atoms with E-state index in [-0.39, 0.29) is 0 Å². The Bertz CT molecular complexity index is 222. The van der Waals surface area contributed by atoms with Crippen LogP contribution >= 0.6 is 11.8 Å². The molecule has 2 aliphatic rings. The Hall–Kier alpha value is -0.880. The molecule has 0 aromatic carbocycles. The third-order valence-corrected chi connectivity index (χ3v) is 2.07. The van der Waals surface area contributed by atoms with Crippen molar-refractivity contribution in [3.05, 3.63) is 11.2 Å². The summed E-state index contributed by atoms with van der Waals surface area (Å²) < 4.78 is 0. The molecule has 2 rings (SSSR count). The molecule has 10 heavy (non-hydrogen) atoms. The van der Waals surface area contributed by atoms with Gasteiger partial charge in [-0.15, -0.1) is 5.10 Å². The van der Waals surface area contributed by atoms with Crippen LogP contribution in [0.5, 0.6) is 0 Å². The number of fused-ring (bicyclic) bond motifs is 1. The van der Waals surface area contributed by atoms with Crippen LogP contribution in [-0.2, 0) is 0 Å². The first-order valence-electron chi connectivity index (χ1n) is 2.78. The monoisotopic (exact) mass is 157 g/mol. The van der Waals surface area contributed by atoms with Crippen LogP contribution in [0.15, 0.2) is 16.3 Å². The lowest BCUT2D eigenvalue weighted by Gasteiger charge is -2.09. The molecule has 0 saturated heterocycles. The van der Waals surface area contributed by atoms with E-state index in [4.69, 9.17) is 11.6 Å². The first-order valence-corrected chi connectivity index (χ1v) is 3.60. The molecule has 0 unspecified atom stereocenters. The molecular weight excluding hydrogens is 150 g/mol. The molecule has 4 N–H and O–H groups in total. The highest BCUT2D eigenvalue weighted by atomic mass is 32.2. The van der Waals surface area contributed by atoms with Crippen LogP contribution in [0, 0.1) is 0 Å². The standard InChI is InChI=1S/C4H7N5S/c5-4-7-9-2-8(6)1-3(9)10-4/h1H,2,6H2,(H2,5,7). The molecule has 0 aliphatic carbocycles. The molecule has 0 spiro atoms. The SMILES string of the molecule is NC1=NN2CN(N)C=C2S1. The molecular formula is C4H7N5S. The molecule has 2 aliphatic heterocycles. The highest BCUT2D eigenvalue weighted by Gasteiger charge is 2.25. The van der Waals surface area contributed by atoms with Gasteiger partial charge in [-0.3, -0.25) is 5.01 Å². The predicted molar refractivity (Wildman–Crippen MR) is 40.0 cm³/mol. The minimum Gasteiger partial charge on any atom is -0.377 e. The average Bonchev–Trinajstić information content (AvgIpc) is 2.21. The van der Waals surface area contributed by atoms with Crippen LogP contribution < -0.4 is 11.6 Å². The van der Waals surface area contributed by atoms with Gasteiger partial charge in [0.1, 0.15) is 11.7 Å². The molecule has 0 aromatic heterocycles. The van der Waals surface area contributed by atoms with E-state index < -0.39 is 0 Å². The van der Waals surface area contributed by atoms with Crippen LogP contribution in [0.4, 0.5) is 0 Å². The summed E-state index contributed by atoms with van der Waals surface area (Å²) in [5.41, 5.74) is 5.44. The number of hydrazine groups is 1. The van der Waals surface area contributed by atoms with Gasteiger partial charge in [-0.25, -0.2) is 10.9 Å². The van der Waals surface area contributed by atoms with Crippen LogP contribution in [-0.4, -0.2) is 21.9 Å². The molecule has 5 nitrogen and oxygen atoms in total. The first-order chi connectivity index (χ1) is 4.75. The zero-order valence-corrected chi connectivity index (χ0v) is 6.01. The molecule has 6 heteroatoms. The largest absolute Gasteiger partial charge is 0.377 e. The number of nitrogens with two attached hydrogens (primary N) is 2. The highest BCUT2D eigenvalue weighted by Crippen LogP contribution is 2.30. The van der Waals surface area contributed by atoms with Gasteiger partial charge in [0.15, 0.2) is 5.17 Å². The lowest BCUT2D eigenvalue weighted by Crippen LogP contribution is -2.28. The average molecular weight is 157 g/mol. The zero-order chi connectivity index (χ0) is 7.14. The Morgan fingerprint density at radius 2 is 2.50 bits per heavy atom. The van der Waals surface area contributed by atoms with Crippen molar-refractivity contribution in [2.24, 2.45) is 16.7 Å². The van der Waals surface area contributed by atoms with Gasteiger partial charge in [0.2, 0.25) is 0 Å². The Morgan fingerprint density at radius 3 is 3.20 bits per heavy atom. The van der Waals surface area contributed by atoms with E-state index in [1.54, 1.807) is 10.0 Å². The summed E-state index contributed by atoms with van der Waals surface area (Å²) in [5.74, 6) is 5.46. The fraction of sp³-hybridized carbons (Fsp3) is 0.250. The zero-order valence-electron chi connectivity index (χ0n) is 5.19. The maximum Gasteiger partial charge on any atom is 0.184 e. The van der Waals surface area contributed by atoms with E-state index in [2.05, 4.69) is 5.10 Å². The second kappa shape index (κ2) is 1.80. The van der Waals surface area contributed by atoms with E-state index in [0.717, 1.165) is 5.03 Å². The Balaban J connectivity index is 2.22. The normalized spacial score (nSPS) is 22.9. The summed E-state index contributed by atoms with van der Waals surface area (Å²) >= 11 is 1.43. The lowest BCUT2D eigenvalue weighted by atomic mass is 10.9. The fourth-order valence-electron chi connectivity index (χ4n) is 0.880. The Kier molecular flexibility index (Phi) is 1.06. The van der Waals surface area contributed by atoms with Gasteiger partial charge in [0.05, 0.1) is 6.20 Å². The van der Waals surface area contributed by atoms with Crippen LogP contribution in [0.1, 0.15) is 0 Å². The summed E-state index contributed by atoms with van der Waals surface area (Å²) in [6, 6.07) is 0. The molecule has 0 saturated carbocycles.